The minimum absolute atomic E-state index is 0.175. The Bertz CT molecular complexity index is 507. The topological polar surface area (TPSA) is 21.3 Å². The molecule has 0 amide bonds. The molecule has 0 heterocycles. The molecule has 0 aliphatic carbocycles. The minimum atomic E-state index is 0.175. The predicted octanol–water partition coefficient (Wildman–Crippen LogP) is 3.61. The Morgan fingerprint density at radius 3 is 2.44 bits per heavy atom. The summed E-state index contributed by atoms with van der Waals surface area (Å²) in [4.78, 5) is 0. The molecule has 1 atom stereocenters. The Morgan fingerprint density at radius 1 is 1.00 bits per heavy atom. The van der Waals surface area contributed by atoms with Crippen molar-refractivity contribution in [3.63, 3.8) is 0 Å². The van der Waals surface area contributed by atoms with Crippen LogP contribution in [0.4, 0.5) is 0 Å². The third-order valence-corrected chi connectivity index (χ3v) is 2.87. The van der Waals surface area contributed by atoms with Crippen LogP contribution in [-0.2, 0) is 0 Å². The van der Waals surface area contributed by atoms with E-state index in [4.69, 9.17) is 4.74 Å². The molecule has 2 rings (SSSR count). The average molecular weight is 243 g/mol. The lowest BCUT2D eigenvalue weighted by molar-refractivity contribution is 0.214. The normalized spacial score (nSPS) is 12.9. The largest absolute Gasteiger partial charge is 0.489 e. The number of nitrogens with one attached hydrogen (secondary N) is 1. The standard InChI is InChI=1S/C16H21NO/c1-12(2)17-11-13(3)18-16-9-8-14-6-4-5-7-15(14)10-16/h4-10,12-13,17H,11H2,1-3H3. The number of rotatable bonds is 5. The third kappa shape index (κ3) is 3.47. The first kappa shape index (κ1) is 12.9. The summed E-state index contributed by atoms with van der Waals surface area (Å²) in [6, 6.07) is 15.1. The van der Waals surface area contributed by atoms with E-state index in [1.54, 1.807) is 0 Å². The van der Waals surface area contributed by atoms with Crippen LogP contribution in [0.25, 0.3) is 10.8 Å². The molecule has 1 unspecified atom stereocenters. The van der Waals surface area contributed by atoms with Crippen LogP contribution in [0.1, 0.15) is 20.8 Å². The molecule has 0 saturated heterocycles. The van der Waals surface area contributed by atoms with E-state index in [1.807, 2.05) is 6.07 Å². The Hall–Kier alpha value is -1.54. The molecule has 0 aliphatic heterocycles. The third-order valence-electron chi connectivity index (χ3n) is 2.87. The van der Waals surface area contributed by atoms with Crippen LogP contribution in [0.3, 0.4) is 0 Å². The molecule has 0 bridgehead atoms. The van der Waals surface area contributed by atoms with Gasteiger partial charge < -0.3 is 10.1 Å². The first-order valence-electron chi connectivity index (χ1n) is 6.54. The Balaban J connectivity index is 2.03. The van der Waals surface area contributed by atoms with Gasteiger partial charge in [0.1, 0.15) is 11.9 Å². The highest BCUT2D eigenvalue weighted by atomic mass is 16.5. The number of hydrogen-bond acceptors (Lipinski definition) is 2. The Labute approximate surface area is 109 Å². The van der Waals surface area contributed by atoms with Gasteiger partial charge in [-0.05, 0) is 29.8 Å². The number of ether oxygens (including phenoxy) is 1. The summed E-state index contributed by atoms with van der Waals surface area (Å²) >= 11 is 0. The van der Waals surface area contributed by atoms with Gasteiger partial charge >= 0.3 is 0 Å². The lowest BCUT2D eigenvalue weighted by Crippen LogP contribution is -2.33. The van der Waals surface area contributed by atoms with E-state index < -0.39 is 0 Å². The molecule has 2 heteroatoms. The molecule has 0 spiro atoms. The van der Waals surface area contributed by atoms with Crippen LogP contribution in [0.15, 0.2) is 42.5 Å². The van der Waals surface area contributed by atoms with Crippen LogP contribution in [0.5, 0.6) is 5.75 Å². The van der Waals surface area contributed by atoms with E-state index in [9.17, 15) is 0 Å². The van der Waals surface area contributed by atoms with Gasteiger partial charge in [-0.15, -0.1) is 0 Å². The fourth-order valence-electron chi connectivity index (χ4n) is 1.92. The average Bonchev–Trinajstić information content (AvgIpc) is 2.36. The summed E-state index contributed by atoms with van der Waals surface area (Å²) in [7, 11) is 0. The molecule has 2 aromatic rings. The van der Waals surface area contributed by atoms with Crippen molar-refractivity contribution >= 4 is 10.8 Å². The molecule has 0 aromatic heterocycles. The highest BCUT2D eigenvalue weighted by molar-refractivity contribution is 5.83. The van der Waals surface area contributed by atoms with Crippen LogP contribution in [0, 0.1) is 0 Å². The Morgan fingerprint density at radius 2 is 1.72 bits per heavy atom. The van der Waals surface area contributed by atoms with Gasteiger partial charge in [0.05, 0.1) is 0 Å². The molecule has 0 aliphatic rings. The van der Waals surface area contributed by atoms with Crippen LogP contribution >= 0.6 is 0 Å². The fourth-order valence-corrected chi connectivity index (χ4v) is 1.92. The lowest BCUT2D eigenvalue weighted by Gasteiger charge is -2.17. The highest BCUT2D eigenvalue weighted by Crippen LogP contribution is 2.21. The van der Waals surface area contributed by atoms with E-state index in [-0.39, 0.29) is 6.10 Å². The van der Waals surface area contributed by atoms with Gasteiger partial charge in [-0.1, -0.05) is 44.2 Å². The quantitative estimate of drug-likeness (QED) is 0.866. The SMILES string of the molecule is CC(C)NCC(C)Oc1ccc2ccccc2c1. The van der Waals surface area contributed by atoms with Crippen molar-refractivity contribution in [1.29, 1.82) is 0 Å². The van der Waals surface area contributed by atoms with Crippen molar-refractivity contribution in [2.24, 2.45) is 0 Å². The monoisotopic (exact) mass is 243 g/mol. The van der Waals surface area contributed by atoms with E-state index in [1.165, 1.54) is 10.8 Å². The second kappa shape index (κ2) is 5.87. The summed E-state index contributed by atoms with van der Waals surface area (Å²) in [6.07, 6.45) is 0.175. The van der Waals surface area contributed by atoms with Gasteiger partial charge in [0, 0.05) is 12.6 Å². The lowest BCUT2D eigenvalue weighted by atomic mass is 10.1. The van der Waals surface area contributed by atoms with Crippen molar-refractivity contribution in [3.8, 4) is 5.75 Å². The number of fused-ring (bicyclic) bond motifs is 1. The molecule has 2 nitrogen and oxygen atoms in total. The van der Waals surface area contributed by atoms with Crippen molar-refractivity contribution in [2.75, 3.05) is 6.54 Å². The maximum Gasteiger partial charge on any atom is 0.120 e. The predicted molar refractivity (Wildman–Crippen MR) is 77.2 cm³/mol. The van der Waals surface area contributed by atoms with Crippen LogP contribution in [-0.4, -0.2) is 18.7 Å². The minimum Gasteiger partial charge on any atom is -0.489 e. The van der Waals surface area contributed by atoms with Crippen molar-refractivity contribution in [2.45, 2.75) is 32.9 Å². The van der Waals surface area contributed by atoms with E-state index in [0.717, 1.165) is 12.3 Å². The first-order chi connectivity index (χ1) is 8.65. The molecular formula is C16H21NO. The van der Waals surface area contributed by atoms with Crippen LogP contribution < -0.4 is 10.1 Å². The summed E-state index contributed by atoms with van der Waals surface area (Å²) in [5.41, 5.74) is 0. The number of benzene rings is 2. The molecule has 1 N–H and O–H groups in total. The maximum absolute atomic E-state index is 5.91. The molecular weight excluding hydrogens is 222 g/mol. The zero-order valence-corrected chi connectivity index (χ0v) is 11.3. The van der Waals surface area contributed by atoms with E-state index in [2.05, 4.69) is 62.5 Å². The summed E-state index contributed by atoms with van der Waals surface area (Å²) in [6.45, 7) is 7.24. The van der Waals surface area contributed by atoms with Gasteiger partial charge in [0.2, 0.25) is 0 Å². The van der Waals surface area contributed by atoms with Gasteiger partial charge in [-0.3, -0.25) is 0 Å². The van der Waals surface area contributed by atoms with Crippen molar-refractivity contribution < 1.29 is 4.74 Å². The molecule has 2 aromatic carbocycles. The zero-order chi connectivity index (χ0) is 13.0. The van der Waals surface area contributed by atoms with Gasteiger partial charge in [0.25, 0.3) is 0 Å². The highest BCUT2D eigenvalue weighted by Gasteiger charge is 2.05. The Kier molecular flexibility index (Phi) is 4.21. The molecule has 0 fully saturated rings. The van der Waals surface area contributed by atoms with E-state index >= 15 is 0 Å². The summed E-state index contributed by atoms with van der Waals surface area (Å²) in [5.74, 6) is 0.937. The van der Waals surface area contributed by atoms with Crippen molar-refractivity contribution in [3.05, 3.63) is 42.5 Å². The van der Waals surface area contributed by atoms with Gasteiger partial charge in [0.15, 0.2) is 0 Å². The fraction of sp³-hybridized carbons (Fsp3) is 0.375. The van der Waals surface area contributed by atoms with Gasteiger partial charge in [-0.25, -0.2) is 0 Å². The van der Waals surface area contributed by atoms with E-state index in [0.29, 0.717) is 6.04 Å². The second-order valence-electron chi connectivity index (χ2n) is 5.00. The smallest absolute Gasteiger partial charge is 0.120 e. The first-order valence-corrected chi connectivity index (χ1v) is 6.54. The molecule has 0 saturated carbocycles. The molecule has 0 radical (unpaired) electrons. The maximum atomic E-state index is 5.91. The van der Waals surface area contributed by atoms with Crippen LogP contribution in [0.2, 0.25) is 0 Å². The van der Waals surface area contributed by atoms with Gasteiger partial charge in [-0.2, -0.15) is 0 Å². The summed E-state index contributed by atoms with van der Waals surface area (Å²) in [5, 5.41) is 5.85. The molecule has 18 heavy (non-hydrogen) atoms. The zero-order valence-electron chi connectivity index (χ0n) is 11.3. The number of hydrogen-bond donors (Lipinski definition) is 1. The van der Waals surface area contributed by atoms with Crippen molar-refractivity contribution in [1.82, 2.24) is 5.32 Å². The summed E-state index contributed by atoms with van der Waals surface area (Å²) < 4.78 is 5.91. The second-order valence-corrected chi connectivity index (χ2v) is 5.00. The molecule has 96 valence electrons.